The zero-order valence-electron chi connectivity index (χ0n) is 9.83. The molecule has 1 aliphatic carbocycles. The van der Waals surface area contributed by atoms with Crippen molar-refractivity contribution in [1.29, 1.82) is 0 Å². The first-order valence-corrected chi connectivity index (χ1v) is 6.29. The van der Waals surface area contributed by atoms with Crippen molar-refractivity contribution in [3.63, 3.8) is 0 Å². The maximum absolute atomic E-state index is 6.08. The molecule has 0 aliphatic heterocycles. The first kappa shape index (κ1) is 11.6. The highest BCUT2D eigenvalue weighted by Crippen LogP contribution is 2.24. The van der Waals surface area contributed by atoms with E-state index in [1.807, 2.05) is 20.0 Å². The lowest BCUT2D eigenvalue weighted by atomic mass is 9.95. The van der Waals surface area contributed by atoms with E-state index < -0.39 is 0 Å². The van der Waals surface area contributed by atoms with Gasteiger partial charge < -0.3 is 5.32 Å². The van der Waals surface area contributed by atoms with Gasteiger partial charge in [-0.1, -0.05) is 0 Å². The Kier molecular flexibility index (Phi) is 3.64. The summed E-state index contributed by atoms with van der Waals surface area (Å²) < 4.78 is 0. The molecule has 2 rings (SSSR count). The fourth-order valence-corrected chi connectivity index (χ4v) is 2.27. The van der Waals surface area contributed by atoms with E-state index in [9.17, 15) is 0 Å². The quantitative estimate of drug-likeness (QED) is 0.807. The molecule has 1 N–H and O–H groups in total. The van der Waals surface area contributed by atoms with Crippen molar-refractivity contribution >= 4 is 17.4 Å². The lowest BCUT2D eigenvalue weighted by Gasteiger charge is -2.26. The highest BCUT2D eigenvalue weighted by atomic mass is 35.5. The van der Waals surface area contributed by atoms with Gasteiger partial charge in [0.1, 0.15) is 5.82 Å². The van der Waals surface area contributed by atoms with Crippen LogP contribution in [0.4, 0.5) is 5.82 Å². The second-order valence-corrected chi connectivity index (χ2v) is 5.14. The first-order chi connectivity index (χ1) is 7.65. The van der Waals surface area contributed by atoms with Gasteiger partial charge >= 0.3 is 0 Å². The van der Waals surface area contributed by atoms with E-state index in [0.717, 1.165) is 42.9 Å². The summed E-state index contributed by atoms with van der Waals surface area (Å²) >= 11 is 6.08. The number of alkyl halides is 1. The van der Waals surface area contributed by atoms with Gasteiger partial charge in [-0.05, 0) is 39.5 Å². The van der Waals surface area contributed by atoms with E-state index in [1.165, 1.54) is 0 Å². The Morgan fingerprint density at radius 3 is 2.50 bits per heavy atom. The van der Waals surface area contributed by atoms with Gasteiger partial charge in [-0.2, -0.15) is 0 Å². The zero-order chi connectivity index (χ0) is 11.5. The molecule has 0 bridgehead atoms. The van der Waals surface area contributed by atoms with Crippen molar-refractivity contribution in [1.82, 2.24) is 9.97 Å². The van der Waals surface area contributed by atoms with Crippen LogP contribution in [-0.4, -0.2) is 21.4 Å². The summed E-state index contributed by atoms with van der Waals surface area (Å²) in [6.07, 6.45) is 6.26. The summed E-state index contributed by atoms with van der Waals surface area (Å²) in [5.41, 5.74) is 1.99. The highest BCUT2D eigenvalue weighted by Gasteiger charge is 2.19. The minimum absolute atomic E-state index is 0.365. The van der Waals surface area contributed by atoms with Gasteiger partial charge in [0.25, 0.3) is 0 Å². The molecular weight excluding hydrogens is 222 g/mol. The Labute approximate surface area is 102 Å². The van der Waals surface area contributed by atoms with Gasteiger partial charge in [-0.15, -0.1) is 11.6 Å². The van der Waals surface area contributed by atoms with Crippen molar-refractivity contribution in [3.05, 3.63) is 17.6 Å². The molecule has 16 heavy (non-hydrogen) atoms. The smallest absolute Gasteiger partial charge is 0.145 e. The molecule has 0 saturated heterocycles. The van der Waals surface area contributed by atoms with E-state index in [0.29, 0.717) is 11.4 Å². The van der Waals surface area contributed by atoms with Crippen LogP contribution in [0.15, 0.2) is 6.20 Å². The van der Waals surface area contributed by atoms with Gasteiger partial charge in [-0.25, -0.2) is 4.98 Å². The zero-order valence-corrected chi connectivity index (χ0v) is 10.6. The summed E-state index contributed by atoms with van der Waals surface area (Å²) in [6.45, 7) is 3.97. The molecule has 88 valence electrons. The summed E-state index contributed by atoms with van der Waals surface area (Å²) in [4.78, 5) is 8.79. The molecule has 1 saturated carbocycles. The standard InChI is InChI=1S/C12H18ClN3/c1-8-9(2)15-12(7-14-8)16-11-5-3-10(13)4-6-11/h7,10-11H,3-6H2,1-2H3,(H,15,16). The lowest BCUT2D eigenvalue weighted by molar-refractivity contribution is 0.467. The molecule has 1 heterocycles. The number of rotatable bonds is 2. The van der Waals surface area contributed by atoms with Crippen molar-refractivity contribution < 1.29 is 0 Å². The van der Waals surface area contributed by atoms with Gasteiger partial charge in [0.15, 0.2) is 0 Å². The number of hydrogen-bond acceptors (Lipinski definition) is 3. The second-order valence-electron chi connectivity index (χ2n) is 4.52. The number of aromatic nitrogens is 2. The third-order valence-corrected chi connectivity index (χ3v) is 3.64. The highest BCUT2D eigenvalue weighted by molar-refractivity contribution is 6.20. The van der Waals surface area contributed by atoms with Crippen LogP contribution in [0, 0.1) is 13.8 Å². The van der Waals surface area contributed by atoms with Crippen LogP contribution in [0.3, 0.4) is 0 Å². The molecule has 0 aromatic carbocycles. The molecule has 1 aliphatic rings. The predicted molar refractivity (Wildman–Crippen MR) is 67.0 cm³/mol. The minimum atomic E-state index is 0.365. The molecule has 1 aromatic rings. The van der Waals surface area contributed by atoms with Crippen LogP contribution in [0.2, 0.25) is 0 Å². The number of aryl methyl sites for hydroxylation is 2. The molecular formula is C12H18ClN3. The second kappa shape index (κ2) is 5.00. The summed E-state index contributed by atoms with van der Waals surface area (Å²) in [5.74, 6) is 0.890. The fraction of sp³-hybridized carbons (Fsp3) is 0.667. The van der Waals surface area contributed by atoms with Crippen molar-refractivity contribution in [3.8, 4) is 0 Å². The molecule has 1 fully saturated rings. The van der Waals surface area contributed by atoms with Crippen LogP contribution < -0.4 is 5.32 Å². The summed E-state index contributed by atoms with van der Waals surface area (Å²) in [5, 5.41) is 3.80. The minimum Gasteiger partial charge on any atom is -0.366 e. The maximum Gasteiger partial charge on any atom is 0.145 e. The lowest BCUT2D eigenvalue weighted by Crippen LogP contribution is -2.26. The van der Waals surface area contributed by atoms with Gasteiger partial charge in [0.2, 0.25) is 0 Å². The monoisotopic (exact) mass is 239 g/mol. The van der Waals surface area contributed by atoms with E-state index in [1.54, 1.807) is 0 Å². The average Bonchev–Trinajstić information content (AvgIpc) is 2.27. The van der Waals surface area contributed by atoms with E-state index in [4.69, 9.17) is 11.6 Å². The number of halogens is 1. The number of nitrogens with one attached hydrogen (secondary N) is 1. The normalized spacial score (nSPS) is 25.4. The fourth-order valence-electron chi connectivity index (χ4n) is 2.02. The van der Waals surface area contributed by atoms with Crippen LogP contribution in [-0.2, 0) is 0 Å². The molecule has 0 amide bonds. The van der Waals surface area contributed by atoms with Gasteiger partial charge in [0, 0.05) is 11.4 Å². The van der Waals surface area contributed by atoms with E-state index >= 15 is 0 Å². The molecule has 1 aromatic heterocycles. The number of hydrogen-bond donors (Lipinski definition) is 1. The maximum atomic E-state index is 6.08. The Balaban J connectivity index is 1.96. The van der Waals surface area contributed by atoms with Crippen LogP contribution in [0.5, 0.6) is 0 Å². The molecule has 0 unspecified atom stereocenters. The summed E-state index contributed by atoms with van der Waals surface area (Å²) in [6, 6.07) is 0.506. The Morgan fingerprint density at radius 2 is 1.88 bits per heavy atom. The topological polar surface area (TPSA) is 37.8 Å². The van der Waals surface area contributed by atoms with E-state index in [-0.39, 0.29) is 0 Å². The molecule has 3 nitrogen and oxygen atoms in total. The molecule has 0 spiro atoms. The third-order valence-electron chi connectivity index (χ3n) is 3.20. The predicted octanol–water partition coefficient (Wildman–Crippen LogP) is 3.06. The number of anilines is 1. The van der Waals surface area contributed by atoms with E-state index in [2.05, 4.69) is 15.3 Å². The number of nitrogens with zero attached hydrogens (tertiary/aromatic N) is 2. The van der Waals surface area contributed by atoms with Gasteiger partial charge in [-0.3, -0.25) is 4.98 Å². The largest absolute Gasteiger partial charge is 0.366 e. The van der Waals surface area contributed by atoms with Crippen molar-refractivity contribution in [2.45, 2.75) is 50.9 Å². The molecule has 0 atom stereocenters. The van der Waals surface area contributed by atoms with Crippen LogP contribution >= 0.6 is 11.6 Å². The summed E-state index contributed by atoms with van der Waals surface area (Å²) in [7, 11) is 0. The van der Waals surface area contributed by atoms with Crippen molar-refractivity contribution in [2.24, 2.45) is 0 Å². The Morgan fingerprint density at radius 1 is 1.19 bits per heavy atom. The average molecular weight is 240 g/mol. The van der Waals surface area contributed by atoms with Crippen LogP contribution in [0.25, 0.3) is 0 Å². The molecule has 0 radical (unpaired) electrons. The first-order valence-electron chi connectivity index (χ1n) is 5.86. The molecule has 4 heteroatoms. The SMILES string of the molecule is Cc1ncc(NC2CCC(Cl)CC2)nc1C. The van der Waals surface area contributed by atoms with Gasteiger partial charge in [0.05, 0.1) is 17.6 Å². The van der Waals surface area contributed by atoms with Crippen LogP contribution in [0.1, 0.15) is 37.1 Å². The Bertz CT molecular complexity index is 359. The Hall–Kier alpha value is -0.830. The third kappa shape index (κ3) is 2.85. The van der Waals surface area contributed by atoms with Crippen molar-refractivity contribution in [2.75, 3.05) is 5.32 Å².